The third kappa shape index (κ3) is 4.35. The van der Waals surface area contributed by atoms with E-state index in [9.17, 15) is 4.79 Å². The van der Waals surface area contributed by atoms with Gasteiger partial charge in [0.05, 0.1) is 6.10 Å². The average Bonchev–Trinajstić information content (AvgIpc) is 2.55. The summed E-state index contributed by atoms with van der Waals surface area (Å²) in [6, 6.07) is 16.3. The predicted molar refractivity (Wildman–Crippen MR) is 87.5 cm³/mol. The van der Waals surface area contributed by atoms with Crippen molar-refractivity contribution in [1.29, 1.82) is 0 Å². The summed E-state index contributed by atoms with van der Waals surface area (Å²) in [4.78, 5) is 12.4. The number of esters is 1. The van der Waals surface area contributed by atoms with Crippen LogP contribution >= 0.6 is 0 Å². The van der Waals surface area contributed by atoms with Gasteiger partial charge >= 0.3 is 5.97 Å². The zero-order chi connectivity index (χ0) is 15.8. The number of ether oxygens (including phenoxy) is 2. The van der Waals surface area contributed by atoms with Crippen molar-refractivity contribution in [2.75, 3.05) is 0 Å². The molecule has 0 amide bonds. The number of rotatable bonds is 7. The van der Waals surface area contributed by atoms with E-state index >= 15 is 0 Å². The first kappa shape index (κ1) is 16.1. The molecule has 3 nitrogen and oxygen atoms in total. The van der Waals surface area contributed by atoms with E-state index in [1.807, 2.05) is 36.4 Å². The summed E-state index contributed by atoms with van der Waals surface area (Å²) < 4.78 is 11.4. The standard InChI is InChI=1S/C19H22O3/c1-3-10-15(4-2)21-18-14-9-8-13-17(18)19(20)22-16-11-6-5-7-12-16/h5-9,11-15H,3-4,10H2,1-2H3. The molecule has 3 heteroatoms. The first-order chi connectivity index (χ1) is 10.7. The second-order valence-electron chi connectivity index (χ2n) is 5.14. The summed E-state index contributed by atoms with van der Waals surface area (Å²) in [5.41, 5.74) is 0.459. The number of benzene rings is 2. The van der Waals surface area contributed by atoms with E-state index in [4.69, 9.17) is 9.47 Å². The Morgan fingerprint density at radius 1 is 1.00 bits per heavy atom. The van der Waals surface area contributed by atoms with E-state index in [1.165, 1.54) is 0 Å². The molecule has 0 N–H and O–H groups in total. The van der Waals surface area contributed by atoms with E-state index in [-0.39, 0.29) is 6.10 Å². The van der Waals surface area contributed by atoms with Gasteiger partial charge in [0.2, 0.25) is 0 Å². The monoisotopic (exact) mass is 298 g/mol. The van der Waals surface area contributed by atoms with Crippen molar-refractivity contribution < 1.29 is 14.3 Å². The van der Waals surface area contributed by atoms with Crippen LogP contribution in [0, 0.1) is 0 Å². The Morgan fingerprint density at radius 3 is 2.36 bits per heavy atom. The molecule has 0 aliphatic carbocycles. The van der Waals surface area contributed by atoms with Crippen LogP contribution in [-0.4, -0.2) is 12.1 Å². The lowest BCUT2D eigenvalue weighted by Crippen LogP contribution is -2.18. The second kappa shape index (κ2) is 8.23. The molecular formula is C19H22O3. The number of carbonyl (C=O) groups excluding carboxylic acids is 1. The topological polar surface area (TPSA) is 35.5 Å². The smallest absolute Gasteiger partial charge is 0.347 e. The molecular weight excluding hydrogens is 276 g/mol. The molecule has 0 saturated heterocycles. The fraction of sp³-hybridized carbons (Fsp3) is 0.316. The lowest BCUT2D eigenvalue weighted by molar-refractivity contribution is 0.0726. The van der Waals surface area contributed by atoms with Gasteiger partial charge in [0.15, 0.2) is 0 Å². The van der Waals surface area contributed by atoms with Crippen LogP contribution in [0.2, 0.25) is 0 Å². The molecule has 2 aromatic carbocycles. The molecule has 0 aliphatic heterocycles. The molecule has 0 bridgehead atoms. The Bertz CT molecular complexity index is 593. The van der Waals surface area contributed by atoms with Gasteiger partial charge in [0.1, 0.15) is 17.1 Å². The highest BCUT2D eigenvalue weighted by atomic mass is 16.5. The fourth-order valence-electron chi connectivity index (χ4n) is 2.24. The van der Waals surface area contributed by atoms with Crippen LogP contribution in [0.1, 0.15) is 43.5 Å². The van der Waals surface area contributed by atoms with Crippen LogP contribution in [0.15, 0.2) is 54.6 Å². The Hall–Kier alpha value is -2.29. The number of hydrogen-bond acceptors (Lipinski definition) is 3. The minimum absolute atomic E-state index is 0.121. The lowest BCUT2D eigenvalue weighted by atomic mass is 10.1. The average molecular weight is 298 g/mol. The van der Waals surface area contributed by atoms with Crippen LogP contribution < -0.4 is 9.47 Å². The largest absolute Gasteiger partial charge is 0.490 e. The van der Waals surface area contributed by atoms with Gasteiger partial charge in [-0.05, 0) is 37.1 Å². The Morgan fingerprint density at radius 2 is 1.68 bits per heavy atom. The van der Waals surface area contributed by atoms with Crippen LogP contribution in [-0.2, 0) is 0 Å². The quantitative estimate of drug-likeness (QED) is 0.540. The number of carbonyl (C=O) groups is 1. The fourth-order valence-corrected chi connectivity index (χ4v) is 2.24. The third-order valence-electron chi connectivity index (χ3n) is 3.42. The molecule has 0 saturated carbocycles. The predicted octanol–water partition coefficient (Wildman–Crippen LogP) is 4.86. The van der Waals surface area contributed by atoms with Crippen LogP contribution in [0.25, 0.3) is 0 Å². The van der Waals surface area contributed by atoms with Crippen molar-refractivity contribution in [3.05, 3.63) is 60.2 Å². The Labute approximate surface area is 131 Å². The maximum atomic E-state index is 12.4. The minimum atomic E-state index is -0.395. The maximum absolute atomic E-state index is 12.4. The summed E-state index contributed by atoms with van der Waals surface area (Å²) in [5.74, 6) is 0.722. The first-order valence-electron chi connectivity index (χ1n) is 7.77. The maximum Gasteiger partial charge on any atom is 0.347 e. The molecule has 22 heavy (non-hydrogen) atoms. The highest BCUT2D eigenvalue weighted by Gasteiger charge is 2.17. The molecule has 1 atom stereocenters. The first-order valence-corrected chi connectivity index (χ1v) is 7.77. The summed E-state index contributed by atoms with van der Waals surface area (Å²) in [6.45, 7) is 4.22. The van der Waals surface area contributed by atoms with E-state index in [0.717, 1.165) is 19.3 Å². The molecule has 0 heterocycles. The number of para-hydroxylation sites is 2. The van der Waals surface area contributed by atoms with Gasteiger partial charge in [-0.2, -0.15) is 0 Å². The van der Waals surface area contributed by atoms with Crippen molar-refractivity contribution in [2.24, 2.45) is 0 Å². The van der Waals surface area contributed by atoms with Crippen LogP contribution in [0.3, 0.4) is 0 Å². The van der Waals surface area contributed by atoms with E-state index in [0.29, 0.717) is 17.1 Å². The third-order valence-corrected chi connectivity index (χ3v) is 3.42. The molecule has 0 radical (unpaired) electrons. The normalized spacial score (nSPS) is 11.7. The van der Waals surface area contributed by atoms with Gasteiger partial charge in [0.25, 0.3) is 0 Å². The van der Waals surface area contributed by atoms with Crippen LogP contribution in [0.5, 0.6) is 11.5 Å². The van der Waals surface area contributed by atoms with Crippen molar-refractivity contribution in [2.45, 2.75) is 39.2 Å². The lowest BCUT2D eigenvalue weighted by Gasteiger charge is -2.18. The Balaban J connectivity index is 2.15. The van der Waals surface area contributed by atoms with Gasteiger partial charge in [-0.15, -0.1) is 0 Å². The van der Waals surface area contributed by atoms with Crippen LogP contribution in [0.4, 0.5) is 0 Å². The second-order valence-corrected chi connectivity index (χ2v) is 5.14. The molecule has 0 spiro atoms. The summed E-state index contributed by atoms with van der Waals surface area (Å²) in [7, 11) is 0. The highest BCUT2D eigenvalue weighted by Crippen LogP contribution is 2.23. The molecule has 0 aromatic heterocycles. The van der Waals surface area contributed by atoms with Gasteiger partial charge in [-0.1, -0.05) is 50.6 Å². The van der Waals surface area contributed by atoms with Crippen molar-refractivity contribution >= 4 is 5.97 Å². The van der Waals surface area contributed by atoms with E-state index < -0.39 is 5.97 Å². The summed E-state index contributed by atoms with van der Waals surface area (Å²) in [6.07, 6.45) is 3.06. The summed E-state index contributed by atoms with van der Waals surface area (Å²) in [5, 5.41) is 0. The Kier molecular flexibility index (Phi) is 6.01. The van der Waals surface area contributed by atoms with Gasteiger partial charge in [-0.25, -0.2) is 4.79 Å². The minimum Gasteiger partial charge on any atom is -0.490 e. The number of hydrogen-bond donors (Lipinski definition) is 0. The zero-order valence-electron chi connectivity index (χ0n) is 13.1. The molecule has 1 unspecified atom stereocenters. The molecule has 116 valence electrons. The van der Waals surface area contributed by atoms with Gasteiger partial charge < -0.3 is 9.47 Å². The molecule has 0 aliphatic rings. The van der Waals surface area contributed by atoms with Crippen molar-refractivity contribution in [3.63, 3.8) is 0 Å². The van der Waals surface area contributed by atoms with Crippen molar-refractivity contribution in [3.8, 4) is 11.5 Å². The van der Waals surface area contributed by atoms with Gasteiger partial charge in [0, 0.05) is 0 Å². The van der Waals surface area contributed by atoms with Crippen molar-refractivity contribution in [1.82, 2.24) is 0 Å². The molecule has 0 fully saturated rings. The molecule has 2 rings (SSSR count). The highest BCUT2D eigenvalue weighted by molar-refractivity contribution is 5.93. The summed E-state index contributed by atoms with van der Waals surface area (Å²) >= 11 is 0. The van der Waals surface area contributed by atoms with E-state index in [1.54, 1.807) is 18.2 Å². The van der Waals surface area contributed by atoms with Gasteiger partial charge in [-0.3, -0.25) is 0 Å². The SMILES string of the molecule is CCCC(CC)Oc1ccccc1C(=O)Oc1ccccc1. The molecule has 2 aromatic rings. The van der Waals surface area contributed by atoms with E-state index in [2.05, 4.69) is 13.8 Å². The zero-order valence-corrected chi connectivity index (χ0v) is 13.1.